The molecule has 1 atom stereocenters. The number of hydrogen-bond acceptors (Lipinski definition) is 6. The lowest BCUT2D eigenvalue weighted by Crippen LogP contribution is -2.51. The molecule has 0 aliphatic carbocycles. The molecule has 0 bridgehead atoms. The zero-order valence-corrected chi connectivity index (χ0v) is 17.5. The maximum absolute atomic E-state index is 13.4. The molecule has 0 amide bonds. The number of nitrogens with zero attached hydrogens (tertiary/aromatic N) is 3. The smallest absolute Gasteiger partial charge is 0.252 e. The summed E-state index contributed by atoms with van der Waals surface area (Å²) < 4.78 is 29.5. The third-order valence-electron chi connectivity index (χ3n) is 5.21. The van der Waals surface area contributed by atoms with Crippen LogP contribution in [0.1, 0.15) is 24.0 Å². The minimum absolute atomic E-state index is 0.0336. The van der Waals surface area contributed by atoms with Gasteiger partial charge in [0.15, 0.2) is 0 Å². The summed E-state index contributed by atoms with van der Waals surface area (Å²) in [6, 6.07) is 7.38. The van der Waals surface area contributed by atoms with Gasteiger partial charge >= 0.3 is 0 Å². The summed E-state index contributed by atoms with van der Waals surface area (Å²) in [5.74, 6) is 0. The van der Waals surface area contributed by atoms with Crippen LogP contribution in [0.5, 0.6) is 0 Å². The zero-order valence-electron chi connectivity index (χ0n) is 15.9. The van der Waals surface area contributed by atoms with Crippen LogP contribution in [0.25, 0.3) is 10.1 Å². The summed E-state index contributed by atoms with van der Waals surface area (Å²) in [6.07, 6.45) is 1.54. The SMILES string of the molecule is Cc1c(S(=O)(=O)N2CCC[C@@](CO)(CN(C)C)C2)sc2ccc(C#N)cc12. The van der Waals surface area contributed by atoms with Crippen LogP contribution in [0, 0.1) is 23.7 Å². The van der Waals surface area contributed by atoms with Crippen LogP contribution in [-0.4, -0.2) is 63.1 Å². The van der Waals surface area contributed by atoms with E-state index in [-0.39, 0.29) is 6.61 Å². The van der Waals surface area contributed by atoms with Gasteiger partial charge in [0.25, 0.3) is 10.0 Å². The van der Waals surface area contributed by atoms with Crippen molar-refractivity contribution in [1.29, 1.82) is 5.26 Å². The van der Waals surface area contributed by atoms with Gasteiger partial charge in [0, 0.05) is 29.7 Å². The van der Waals surface area contributed by atoms with Crippen molar-refractivity contribution in [3.8, 4) is 6.07 Å². The first kappa shape index (κ1) is 20.2. The van der Waals surface area contributed by atoms with Crippen molar-refractivity contribution in [2.45, 2.75) is 24.0 Å². The predicted octanol–water partition coefficient (Wildman–Crippen LogP) is 2.41. The third kappa shape index (κ3) is 3.75. The van der Waals surface area contributed by atoms with E-state index in [9.17, 15) is 13.5 Å². The monoisotopic (exact) mass is 407 g/mol. The predicted molar refractivity (Wildman–Crippen MR) is 107 cm³/mol. The Bertz CT molecular complexity index is 992. The van der Waals surface area contributed by atoms with Crippen molar-refractivity contribution in [2.24, 2.45) is 5.41 Å². The second-order valence-electron chi connectivity index (χ2n) is 7.68. The molecule has 1 aromatic heterocycles. The van der Waals surface area contributed by atoms with E-state index in [2.05, 4.69) is 6.07 Å². The Morgan fingerprint density at radius 3 is 2.78 bits per heavy atom. The summed E-state index contributed by atoms with van der Waals surface area (Å²) in [4.78, 5) is 2.00. The number of nitriles is 1. The average Bonchev–Trinajstić information content (AvgIpc) is 2.98. The maximum Gasteiger partial charge on any atom is 0.252 e. The highest BCUT2D eigenvalue weighted by Crippen LogP contribution is 2.39. The molecule has 3 rings (SSSR count). The number of aliphatic hydroxyl groups is 1. The lowest BCUT2D eigenvalue weighted by Gasteiger charge is -2.42. The summed E-state index contributed by atoms with van der Waals surface area (Å²) in [7, 11) is 0.225. The van der Waals surface area contributed by atoms with Gasteiger partial charge in [-0.2, -0.15) is 9.57 Å². The van der Waals surface area contributed by atoms with Crippen LogP contribution in [0.2, 0.25) is 0 Å². The van der Waals surface area contributed by atoms with Crippen molar-refractivity contribution in [3.05, 3.63) is 29.3 Å². The molecule has 1 N–H and O–H groups in total. The number of hydrogen-bond donors (Lipinski definition) is 1. The second-order valence-corrected chi connectivity index (χ2v) is 10.9. The molecule has 1 aromatic carbocycles. The Morgan fingerprint density at radius 1 is 1.41 bits per heavy atom. The molecule has 146 valence electrons. The standard InChI is InChI=1S/C19H25N3O3S2/c1-14-16-9-15(10-20)5-6-17(16)26-18(14)27(24,25)22-8-4-7-19(12-22,13-23)11-21(2)3/h5-6,9,23H,4,7-8,11-13H2,1-3H3/t19-/m1/s1. The first-order valence-corrected chi connectivity index (χ1v) is 11.2. The zero-order chi connectivity index (χ0) is 19.8. The van der Waals surface area contributed by atoms with Gasteiger partial charge in [0.1, 0.15) is 4.21 Å². The average molecular weight is 408 g/mol. The van der Waals surface area contributed by atoms with Gasteiger partial charge in [-0.3, -0.25) is 0 Å². The maximum atomic E-state index is 13.4. The number of aliphatic hydroxyl groups excluding tert-OH is 1. The fourth-order valence-corrected chi connectivity index (χ4v) is 7.45. The first-order chi connectivity index (χ1) is 12.7. The van der Waals surface area contributed by atoms with Crippen LogP contribution >= 0.6 is 11.3 Å². The van der Waals surface area contributed by atoms with Crippen LogP contribution in [0.3, 0.4) is 0 Å². The van der Waals surface area contributed by atoms with Gasteiger partial charge in [0.05, 0.1) is 18.2 Å². The van der Waals surface area contributed by atoms with Gasteiger partial charge in [-0.05, 0) is 63.0 Å². The fourth-order valence-electron chi connectivity index (χ4n) is 3.98. The van der Waals surface area contributed by atoms with Crippen molar-refractivity contribution in [1.82, 2.24) is 9.21 Å². The molecule has 0 radical (unpaired) electrons. The minimum atomic E-state index is -3.65. The van der Waals surface area contributed by atoms with Crippen LogP contribution in [0.4, 0.5) is 0 Å². The topological polar surface area (TPSA) is 84.6 Å². The molecule has 2 aromatic rings. The summed E-state index contributed by atoms with van der Waals surface area (Å²) in [5, 5.41) is 19.9. The van der Waals surface area contributed by atoms with Crippen LogP contribution in [0.15, 0.2) is 22.4 Å². The normalized spacial score (nSPS) is 21.6. The largest absolute Gasteiger partial charge is 0.396 e. The Balaban J connectivity index is 2.00. The Kier molecular flexibility index (Phi) is 5.62. The molecule has 0 saturated carbocycles. The van der Waals surface area contributed by atoms with Crippen molar-refractivity contribution < 1.29 is 13.5 Å². The van der Waals surface area contributed by atoms with Gasteiger partial charge in [-0.1, -0.05) is 0 Å². The summed E-state index contributed by atoms with van der Waals surface area (Å²) in [5.41, 5.74) is 0.781. The molecular formula is C19H25N3O3S2. The van der Waals surface area contributed by atoms with Crippen molar-refractivity contribution in [2.75, 3.05) is 40.3 Å². The second kappa shape index (κ2) is 7.49. The van der Waals surface area contributed by atoms with E-state index in [1.165, 1.54) is 15.6 Å². The summed E-state index contributed by atoms with van der Waals surface area (Å²) in [6.45, 7) is 3.20. The highest BCUT2D eigenvalue weighted by Gasteiger charge is 2.41. The molecule has 1 aliphatic heterocycles. The summed E-state index contributed by atoms with van der Waals surface area (Å²) >= 11 is 1.25. The molecule has 27 heavy (non-hydrogen) atoms. The van der Waals surface area contributed by atoms with E-state index in [1.807, 2.05) is 25.1 Å². The van der Waals surface area contributed by atoms with E-state index in [0.717, 1.165) is 22.9 Å². The third-order valence-corrected chi connectivity index (χ3v) is 8.92. The van der Waals surface area contributed by atoms with E-state index < -0.39 is 15.4 Å². The molecule has 1 aliphatic rings. The van der Waals surface area contributed by atoms with Gasteiger partial charge < -0.3 is 10.0 Å². The van der Waals surface area contributed by atoms with E-state index >= 15 is 0 Å². The van der Waals surface area contributed by atoms with Crippen LogP contribution < -0.4 is 0 Å². The van der Waals surface area contributed by atoms with Gasteiger partial charge in [0.2, 0.25) is 0 Å². The molecule has 1 fully saturated rings. The first-order valence-electron chi connectivity index (χ1n) is 8.91. The number of fused-ring (bicyclic) bond motifs is 1. The molecule has 2 heterocycles. The van der Waals surface area contributed by atoms with Crippen molar-refractivity contribution >= 4 is 31.4 Å². The highest BCUT2D eigenvalue weighted by atomic mass is 32.2. The molecule has 0 unspecified atom stereocenters. The van der Waals surface area contributed by atoms with Gasteiger partial charge in [-0.25, -0.2) is 8.42 Å². The van der Waals surface area contributed by atoms with E-state index in [4.69, 9.17) is 5.26 Å². The quantitative estimate of drug-likeness (QED) is 0.823. The minimum Gasteiger partial charge on any atom is -0.396 e. The molecule has 0 spiro atoms. The van der Waals surface area contributed by atoms with Crippen LogP contribution in [-0.2, 0) is 10.0 Å². The molecule has 8 heteroatoms. The number of rotatable bonds is 5. The fraction of sp³-hybridized carbons (Fsp3) is 0.526. The Morgan fingerprint density at radius 2 is 2.15 bits per heavy atom. The number of thiophene rings is 1. The lowest BCUT2D eigenvalue weighted by molar-refractivity contribution is 0.0410. The number of piperidine rings is 1. The Labute approximate surface area is 164 Å². The van der Waals surface area contributed by atoms with Gasteiger partial charge in [-0.15, -0.1) is 11.3 Å². The van der Waals surface area contributed by atoms with Crippen molar-refractivity contribution in [3.63, 3.8) is 0 Å². The Hall–Kier alpha value is -1.50. The molecule has 6 nitrogen and oxygen atoms in total. The number of sulfonamides is 1. The number of benzene rings is 1. The lowest BCUT2D eigenvalue weighted by atomic mass is 9.81. The highest BCUT2D eigenvalue weighted by molar-refractivity contribution is 7.91. The molecular weight excluding hydrogens is 382 g/mol. The van der Waals surface area contributed by atoms with E-state index in [0.29, 0.717) is 35.0 Å². The molecule has 1 saturated heterocycles. The van der Waals surface area contributed by atoms with E-state index in [1.54, 1.807) is 19.1 Å². The number of aryl methyl sites for hydroxylation is 1.